The zero-order chi connectivity index (χ0) is 25.9. The summed E-state index contributed by atoms with van der Waals surface area (Å²) < 4.78 is 7.41. The first kappa shape index (κ1) is 24.7. The summed E-state index contributed by atoms with van der Waals surface area (Å²) in [5, 5.41) is 3.36. The number of fused-ring (bicyclic) bond motifs is 3. The molecule has 0 fully saturated rings. The fourth-order valence-electron chi connectivity index (χ4n) is 4.79. The molecular formula is C28H27N3O5S. The summed E-state index contributed by atoms with van der Waals surface area (Å²) in [6, 6.07) is 16.0. The Morgan fingerprint density at radius 2 is 1.70 bits per heavy atom. The zero-order valence-electron chi connectivity index (χ0n) is 20.5. The van der Waals surface area contributed by atoms with Gasteiger partial charge in [-0.05, 0) is 67.5 Å². The van der Waals surface area contributed by atoms with Crippen LogP contribution in [-0.2, 0) is 41.9 Å². The van der Waals surface area contributed by atoms with E-state index in [1.54, 1.807) is 24.3 Å². The van der Waals surface area contributed by atoms with Crippen molar-refractivity contribution >= 4 is 39.1 Å². The van der Waals surface area contributed by atoms with E-state index in [0.29, 0.717) is 27.9 Å². The van der Waals surface area contributed by atoms with Crippen LogP contribution >= 0.6 is 11.3 Å². The maximum absolute atomic E-state index is 13.6. The van der Waals surface area contributed by atoms with Crippen LogP contribution in [0.3, 0.4) is 0 Å². The van der Waals surface area contributed by atoms with E-state index in [-0.39, 0.29) is 18.6 Å². The van der Waals surface area contributed by atoms with Gasteiger partial charge in [0, 0.05) is 17.1 Å². The second-order valence-electron chi connectivity index (χ2n) is 9.07. The lowest BCUT2D eigenvalue weighted by Crippen LogP contribution is -2.42. The van der Waals surface area contributed by atoms with Crippen LogP contribution in [0.1, 0.15) is 39.2 Å². The van der Waals surface area contributed by atoms with Crippen LogP contribution in [-0.4, -0.2) is 28.1 Å². The van der Waals surface area contributed by atoms with Crippen molar-refractivity contribution in [1.82, 2.24) is 9.13 Å². The van der Waals surface area contributed by atoms with Gasteiger partial charge in [-0.3, -0.25) is 18.7 Å². The lowest BCUT2D eigenvalue weighted by Gasteiger charge is -2.14. The van der Waals surface area contributed by atoms with Gasteiger partial charge in [0.25, 0.3) is 5.56 Å². The number of ether oxygens (including phenoxy) is 1. The lowest BCUT2D eigenvalue weighted by molar-refractivity contribution is -0.116. The highest BCUT2D eigenvalue weighted by Crippen LogP contribution is 2.34. The Kier molecular flexibility index (Phi) is 7.05. The molecule has 0 radical (unpaired) electrons. The number of thiophene rings is 1. The van der Waals surface area contributed by atoms with Gasteiger partial charge in [-0.1, -0.05) is 30.3 Å². The number of methoxy groups -OCH3 is 1. The van der Waals surface area contributed by atoms with E-state index < -0.39 is 17.6 Å². The number of amides is 1. The molecule has 5 rings (SSSR count). The summed E-state index contributed by atoms with van der Waals surface area (Å²) in [6.45, 7) is 0.0119. The number of benzene rings is 2. The van der Waals surface area contributed by atoms with Crippen LogP contribution in [0.15, 0.2) is 64.2 Å². The highest BCUT2D eigenvalue weighted by Gasteiger charge is 2.24. The predicted octanol–water partition coefficient (Wildman–Crippen LogP) is 3.77. The number of aryl methyl sites for hydroxylation is 3. The third-order valence-corrected chi connectivity index (χ3v) is 7.99. The smallest absolute Gasteiger partial charge is 0.337 e. The molecule has 2 aromatic heterocycles. The monoisotopic (exact) mass is 517 g/mol. The lowest BCUT2D eigenvalue weighted by atomic mass is 9.97. The molecule has 0 atom stereocenters. The van der Waals surface area contributed by atoms with Gasteiger partial charge in [0.05, 0.1) is 18.1 Å². The minimum Gasteiger partial charge on any atom is -0.465 e. The Morgan fingerprint density at radius 3 is 2.43 bits per heavy atom. The molecule has 2 aromatic carbocycles. The number of carbonyl (C=O) groups is 2. The summed E-state index contributed by atoms with van der Waals surface area (Å²) in [5.74, 6) is -0.861. The maximum atomic E-state index is 13.6. The second-order valence-corrected chi connectivity index (χ2v) is 10.2. The van der Waals surface area contributed by atoms with E-state index in [9.17, 15) is 19.2 Å². The van der Waals surface area contributed by atoms with Crippen LogP contribution < -0.4 is 16.6 Å². The van der Waals surface area contributed by atoms with Gasteiger partial charge in [-0.25, -0.2) is 9.59 Å². The molecule has 8 nitrogen and oxygen atoms in total. The van der Waals surface area contributed by atoms with Crippen LogP contribution in [0.4, 0.5) is 5.69 Å². The molecule has 0 saturated heterocycles. The first-order valence-corrected chi connectivity index (χ1v) is 13.1. The molecule has 0 saturated carbocycles. The molecule has 0 aliphatic heterocycles. The Balaban J connectivity index is 1.49. The van der Waals surface area contributed by atoms with Crippen molar-refractivity contribution < 1.29 is 14.3 Å². The predicted molar refractivity (Wildman–Crippen MR) is 144 cm³/mol. The van der Waals surface area contributed by atoms with Crippen LogP contribution in [0.2, 0.25) is 0 Å². The molecule has 1 amide bonds. The number of nitrogens with zero attached hydrogens (tertiary/aromatic N) is 2. The fourth-order valence-corrected chi connectivity index (χ4v) is 6.16. The molecule has 190 valence electrons. The molecule has 0 spiro atoms. The number of hydrogen-bond acceptors (Lipinski definition) is 6. The number of carbonyl (C=O) groups excluding carboxylic acids is 2. The SMILES string of the molecule is COC(=O)c1ccc(NC(=O)Cn2c(=O)n(CCc3ccccc3)c(=O)c3c4c(sc32)CCCC4)cc1. The van der Waals surface area contributed by atoms with Crippen LogP contribution in [0.25, 0.3) is 10.2 Å². The topological polar surface area (TPSA) is 99.4 Å². The molecule has 4 aromatic rings. The fraction of sp³-hybridized carbons (Fsp3) is 0.286. The summed E-state index contributed by atoms with van der Waals surface area (Å²) in [5.41, 5.74) is 2.16. The largest absolute Gasteiger partial charge is 0.465 e. The van der Waals surface area contributed by atoms with Gasteiger partial charge < -0.3 is 10.1 Å². The summed E-state index contributed by atoms with van der Waals surface area (Å²) in [4.78, 5) is 53.5. The van der Waals surface area contributed by atoms with E-state index in [1.165, 1.54) is 27.6 Å². The molecule has 1 N–H and O–H groups in total. The highest BCUT2D eigenvalue weighted by molar-refractivity contribution is 7.18. The van der Waals surface area contributed by atoms with Crippen molar-refractivity contribution in [3.63, 3.8) is 0 Å². The molecule has 0 bridgehead atoms. The van der Waals surface area contributed by atoms with Gasteiger partial charge in [-0.2, -0.15) is 0 Å². The highest BCUT2D eigenvalue weighted by atomic mass is 32.1. The Hall–Kier alpha value is -3.98. The van der Waals surface area contributed by atoms with Gasteiger partial charge in [0.2, 0.25) is 5.91 Å². The van der Waals surface area contributed by atoms with Gasteiger partial charge in [0.1, 0.15) is 11.4 Å². The van der Waals surface area contributed by atoms with Crippen molar-refractivity contribution in [3.05, 3.63) is 97.0 Å². The quantitative estimate of drug-likeness (QED) is 0.376. The number of hydrogen-bond donors (Lipinski definition) is 1. The zero-order valence-corrected chi connectivity index (χ0v) is 21.3. The number of anilines is 1. The second kappa shape index (κ2) is 10.6. The van der Waals surface area contributed by atoms with Gasteiger partial charge in [-0.15, -0.1) is 11.3 Å². The molecule has 9 heteroatoms. The van der Waals surface area contributed by atoms with E-state index in [0.717, 1.165) is 41.7 Å². The minimum atomic E-state index is -0.483. The number of aromatic nitrogens is 2. The van der Waals surface area contributed by atoms with Gasteiger partial charge >= 0.3 is 11.7 Å². The molecular weight excluding hydrogens is 490 g/mol. The van der Waals surface area contributed by atoms with Crippen molar-refractivity contribution in [2.45, 2.75) is 45.2 Å². The van der Waals surface area contributed by atoms with E-state index in [1.807, 2.05) is 30.3 Å². The van der Waals surface area contributed by atoms with Crippen LogP contribution in [0, 0.1) is 0 Å². The first-order chi connectivity index (χ1) is 18.0. The van der Waals surface area contributed by atoms with E-state index >= 15 is 0 Å². The minimum absolute atomic E-state index is 0.223. The summed E-state index contributed by atoms with van der Waals surface area (Å²) in [7, 11) is 1.30. The third kappa shape index (κ3) is 4.99. The van der Waals surface area contributed by atoms with Crippen molar-refractivity contribution in [2.24, 2.45) is 0 Å². The maximum Gasteiger partial charge on any atom is 0.337 e. The normalized spacial score (nSPS) is 12.8. The number of nitrogens with one attached hydrogen (secondary N) is 1. The van der Waals surface area contributed by atoms with Crippen molar-refractivity contribution in [1.29, 1.82) is 0 Å². The molecule has 1 aliphatic rings. The number of esters is 1. The van der Waals surface area contributed by atoms with Crippen LogP contribution in [0.5, 0.6) is 0 Å². The molecule has 1 aliphatic carbocycles. The summed E-state index contributed by atoms with van der Waals surface area (Å²) >= 11 is 1.45. The first-order valence-electron chi connectivity index (χ1n) is 12.3. The Labute approximate surface area is 217 Å². The average molecular weight is 518 g/mol. The van der Waals surface area contributed by atoms with Crippen molar-refractivity contribution in [2.75, 3.05) is 12.4 Å². The van der Waals surface area contributed by atoms with Crippen molar-refractivity contribution in [3.8, 4) is 0 Å². The molecule has 37 heavy (non-hydrogen) atoms. The third-order valence-electron chi connectivity index (χ3n) is 6.68. The van der Waals surface area contributed by atoms with Gasteiger partial charge in [0.15, 0.2) is 0 Å². The van der Waals surface area contributed by atoms with E-state index in [4.69, 9.17) is 4.74 Å². The molecule has 2 heterocycles. The average Bonchev–Trinajstić information content (AvgIpc) is 3.31. The Bertz CT molecular complexity index is 1580. The summed E-state index contributed by atoms with van der Waals surface area (Å²) in [6.07, 6.45) is 4.27. The standard InChI is InChI=1S/C28H27N3O5S/c1-36-27(34)19-11-13-20(14-12-19)29-23(32)17-31-26-24(21-9-5-6-10-22(21)37-26)25(33)30(28(31)35)16-15-18-7-3-2-4-8-18/h2-4,7-8,11-14H,5-6,9-10,15-17H2,1H3,(H,29,32). The van der Waals surface area contributed by atoms with E-state index in [2.05, 4.69) is 5.32 Å². The molecule has 0 unspecified atom stereocenters. The number of rotatable bonds is 7. The Morgan fingerprint density at radius 1 is 0.973 bits per heavy atom.